The zero-order valence-corrected chi connectivity index (χ0v) is 13.1. The first-order valence-corrected chi connectivity index (χ1v) is 8.00. The number of halogens is 1. The highest BCUT2D eigenvalue weighted by atomic mass is 79.9. The van der Waals surface area contributed by atoms with Crippen LogP contribution in [0.3, 0.4) is 0 Å². The first kappa shape index (κ1) is 13.1. The molecule has 4 nitrogen and oxygen atoms in total. The van der Waals surface area contributed by atoms with Gasteiger partial charge in [-0.05, 0) is 34.8 Å². The van der Waals surface area contributed by atoms with Crippen LogP contribution in [0.4, 0.5) is 6.01 Å². The van der Waals surface area contributed by atoms with Gasteiger partial charge in [0.15, 0.2) is 0 Å². The SMILES string of the molecule is CN(Cc1cc(Br)cs1)c1nc(CNC2CC2)co1. The molecule has 0 unspecified atom stereocenters. The predicted molar refractivity (Wildman–Crippen MR) is 80.5 cm³/mol. The third kappa shape index (κ3) is 3.58. The highest BCUT2D eigenvalue weighted by molar-refractivity contribution is 9.10. The van der Waals surface area contributed by atoms with Crippen molar-refractivity contribution in [3.63, 3.8) is 0 Å². The minimum atomic E-state index is 0.678. The zero-order valence-electron chi connectivity index (χ0n) is 10.7. The fraction of sp³-hybridized carbons (Fsp3) is 0.462. The van der Waals surface area contributed by atoms with Gasteiger partial charge in [-0.2, -0.15) is 4.98 Å². The lowest BCUT2D eigenvalue weighted by Gasteiger charge is -2.12. The largest absolute Gasteiger partial charge is 0.432 e. The Morgan fingerprint density at radius 2 is 2.42 bits per heavy atom. The molecule has 0 bridgehead atoms. The second-order valence-corrected chi connectivity index (χ2v) is 6.78. The lowest BCUT2D eigenvalue weighted by atomic mass is 10.4. The third-order valence-electron chi connectivity index (χ3n) is 3.03. The van der Waals surface area contributed by atoms with Gasteiger partial charge >= 0.3 is 0 Å². The van der Waals surface area contributed by atoms with Gasteiger partial charge in [0, 0.05) is 34.4 Å². The molecule has 0 saturated heterocycles. The number of hydrogen-bond acceptors (Lipinski definition) is 5. The van der Waals surface area contributed by atoms with Crippen molar-refractivity contribution in [2.24, 2.45) is 0 Å². The molecule has 1 aliphatic carbocycles. The lowest BCUT2D eigenvalue weighted by molar-refractivity contribution is 0.543. The molecule has 0 atom stereocenters. The van der Waals surface area contributed by atoms with Crippen molar-refractivity contribution in [3.05, 3.63) is 32.8 Å². The first-order chi connectivity index (χ1) is 9.20. The predicted octanol–water partition coefficient (Wildman–Crippen LogP) is 3.39. The Labute approximate surface area is 125 Å². The smallest absolute Gasteiger partial charge is 0.297 e. The molecule has 1 fully saturated rings. The summed E-state index contributed by atoms with van der Waals surface area (Å²) < 4.78 is 6.65. The fourth-order valence-electron chi connectivity index (χ4n) is 1.83. The van der Waals surface area contributed by atoms with E-state index in [0.717, 1.165) is 23.3 Å². The number of oxazole rings is 1. The number of anilines is 1. The van der Waals surface area contributed by atoms with E-state index < -0.39 is 0 Å². The molecule has 1 aliphatic rings. The molecule has 2 aromatic rings. The minimum absolute atomic E-state index is 0.678. The van der Waals surface area contributed by atoms with Crippen LogP contribution in [0.5, 0.6) is 0 Å². The van der Waals surface area contributed by atoms with Crippen LogP contribution in [-0.2, 0) is 13.1 Å². The van der Waals surface area contributed by atoms with Crippen LogP contribution in [0.1, 0.15) is 23.4 Å². The van der Waals surface area contributed by atoms with Crippen molar-refractivity contribution >= 4 is 33.3 Å². The van der Waals surface area contributed by atoms with Gasteiger partial charge in [-0.25, -0.2) is 0 Å². The van der Waals surface area contributed by atoms with Crippen LogP contribution < -0.4 is 10.2 Å². The number of nitrogens with zero attached hydrogens (tertiary/aromatic N) is 2. The van der Waals surface area contributed by atoms with E-state index in [-0.39, 0.29) is 0 Å². The molecule has 0 radical (unpaired) electrons. The average Bonchev–Trinajstić information content (AvgIpc) is 2.94. The molecular formula is C13H16BrN3OS. The first-order valence-electron chi connectivity index (χ1n) is 6.32. The highest BCUT2D eigenvalue weighted by Gasteiger charge is 2.20. The van der Waals surface area contributed by atoms with Gasteiger partial charge in [-0.15, -0.1) is 11.3 Å². The molecule has 0 aliphatic heterocycles. The van der Waals surface area contributed by atoms with Gasteiger partial charge in [0.1, 0.15) is 6.26 Å². The maximum atomic E-state index is 5.53. The third-order valence-corrected chi connectivity index (χ3v) is 4.71. The minimum Gasteiger partial charge on any atom is -0.432 e. The van der Waals surface area contributed by atoms with Gasteiger partial charge in [0.25, 0.3) is 6.01 Å². The summed E-state index contributed by atoms with van der Waals surface area (Å²) in [6, 6.07) is 3.50. The summed E-state index contributed by atoms with van der Waals surface area (Å²) in [6.45, 7) is 1.61. The van der Waals surface area contributed by atoms with Gasteiger partial charge < -0.3 is 14.6 Å². The van der Waals surface area contributed by atoms with Crippen LogP contribution in [0, 0.1) is 0 Å². The number of nitrogens with one attached hydrogen (secondary N) is 1. The van der Waals surface area contributed by atoms with E-state index in [2.05, 4.69) is 37.7 Å². The summed E-state index contributed by atoms with van der Waals surface area (Å²) in [5, 5.41) is 5.52. The molecule has 2 aromatic heterocycles. The second kappa shape index (κ2) is 5.64. The normalized spacial score (nSPS) is 14.8. The van der Waals surface area contributed by atoms with E-state index in [9.17, 15) is 0 Å². The molecule has 1 N–H and O–H groups in total. The van der Waals surface area contributed by atoms with E-state index >= 15 is 0 Å². The summed E-state index contributed by atoms with van der Waals surface area (Å²) in [4.78, 5) is 7.81. The molecule has 0 amide bonds. The summed E-state index contributed by atoms with van der Waals surface area (Å²) in [7, 11) is 2.00. The van der Waals surface area contributed by atoms with Crippen LogP contribution in [-0.4, -0.2) is 18.1 Å². The number of rotatable bonds is 6. The van der Waals surface area contributed by atoms with Crippen molar-refractivity contribution in [2.75, 3.05) is 11.9 Å². The Balaban J connectivity index is 1.57. The van der Waals surface area contributed by atoms with E-state index in [1.54, 1.807) is 17.6 Å². The van der Waals surface area contributed by atoms with Crippen LogP contribution in [0.15, 0.2) is 26.6 Å². The van der Waals surface area contributed by atoms with Gasteiger partial charge in [-0.3, -0.25) is 0 Å². The van der Waals surface area contributed by atoms with E-state index in [0.29, 0.717) is 12.1 Å². The Morgan fingerprint density at radius 1 is 1.58 bits per heavy atom. The van der Waals surface area contributed by atoms with Gasteiger partial charge in [0.2, 0.25) is 0 Å². The Hall–Kier alpha value is -0.850. The fourth-order valence-corrected chi connectivity index (χ4v) is 3.33. The van der Waals surface area contributed by atoms with E-state index in [1.165, 1.54) is 17.7 Å². The van der Waals surface area contributed by atoms with Crippen molar-refractivity contribution < 1.29 is 4.42 Å². The molecule has 0 spiro atoms. The van der Waals surface area contributed by atoms with Gasteiger partial charge in [-0.1, -0.05) is 0 Å². The molecule has 2 heterocycles. The second-order valence-electron chi connectivity index (χ2n) is 4.86. The maximum Gasteiger partial charge on any atom is 0.297 e. The average molecular weight is 342 g/mol. The molecule has 19 heavy (non-hydrogen) atoms. The molecule has 1 saturated carbocycles. The Morgan fingerprint density at radius 3 is 3.11 bits per heavy atom. The number of aromatic nitrogens is 1. The van der Waals surface area contributed by atoms with Crippen LogP contribution >= 0.6 is 27.3 Å². The number of hydrogen-bond donors (Lipinski definition) is 1. The van der Waals surface area contributed by atoms with Crippen molar-refractivity contribution in [2.45, 2.75) is 32.0 Å². The van der Waals surface area contributed by atoms with Crippen LogP contribution in [0.25, 0.3) is 0 Å². The quantitative estimate of drug-likeness (QED) is 0.874. The summed E-state index contributed by atoms with van der Waals surface area (Å²) in [6.07, 6.45) is 4.32. The van der Waals surface area contributed by atoms with Crippen molar-refractivity contribution in [1.82, 2.24) is 10.3 Å². The lowest BCUT2D eigenvalue weighted by Crippen LogP contribution is -2.17. The standard InChI is InChI=1S/C13H16BrN3OS/c1-17(6-12-4-9(14)8-19-12)13-16-11(7-18-13)5-15-10-2-3-10/h4,7-8,10,15H,2-3,5-6H2,1H3. The molecule has 6 heteroatoms. The van der Waals surface area contributed by atoms with Crippen molar-refractivity contribution in [1.29, 1.82) is 0 Å². The van der Waals surface area contributed by atoms with Crippen molar-refractivity contribution in [3.8, 4) is 0 Å². The number of thiophene rings is 1. The summed E-state index contributed by atoms with van der Waals surface area (Å²) in [5.74, 6) is 0. The Bertz CT molecular complexity index is 550. The monoisotopic (exact) mass is 341 g/mol. The highest BCUT2D eigenvalue weighted by Crippen LogP contribution is 2.23. The summed E-state index contributed by atoms with van der Waals surface area (Å²) >= 11 is 5.20. The topological polar surface area (TPSA) is 41.3 Å². The molecule has 102 valence electrons. The maximum absolute atomic E-state index is 5.53. The molecular weight excluding hydrogens is 326 g/mol. The van der Waals surface area contributed by atoms with Gasteiger partial charge in [0.05, 0.1) is 12.2 Å². The molecule has 0 aromatic carbocycles. The molecule has 3 rings (SSSR count). The summed E-state index contributed by atoms with van der Waals surface area (Å²) in [5.41, 5.74) is 0.973. The zero-order chi connectivity index (χ0) is 13.2. The van der Waals surface area contributed by atoms with E-state index in [1.807, 2.05) is 11.9 Å². The van der Waals surface area contributed by atoms with E-state index in [4.69, 9.17) is 4.42 Å². The van der Waals surface area contributed by atoms with Crippen LogP contribution in [0.2, 0.25) is 0 Å². The Kier molecular flexibility index (Phi) is 3.91.